The number of nitrogens with one attached hydrogen (secondary N) is 3. The zero-order valence-corrected chi connectivity index (χ0v) is 15.9. The normalized spacial score (nSPS) is 13.6. The molecule has 0 saturated carbocycles. The van der Waals surface area contributed by atoms with Crippen molar-refractivity contribution in [1.82, 2.24) is 16.0 Å². The minimum atomic E-state index is -1.50. The molecule has 3 amide bonds. The molecule has 0 radical (unpaired) electrons. The number of nitrogens with two attached hydrogens (primary N) is 2. The standard InChI is InChI=1S/C16H29N5O8/c17-6-2-1-3-10(16(28)29)20-15(27)11(8-22)21-14(26)9(4-5-13(24)25)19-12(23)7-18/h9-11,22H,1-8,17-18H2,(H,19,23)(H,20,27)(H,21,26)(H,24,25)(H,28,29). The van der Waals surface area contributed by atoms with Crippen molar-refractivity contribution in [1.29, 1.82) is 0 Å². The second-order valence-corrected chi connectivity index (χ2v) is 6.18. The van der Waals surface area contributed by atoms with Crippen LogP contribution in [0.2, 0.25) is 0 Å². The van der Waals surface area contributed by atoms with E-state index < -0.39 is 67.4 Å². The van der Waals surface area contributed by atoms with Crippen LogP contribution in [0.15, 0.2) is 0 Å². The molecule has 0 aromatic rings. The summed E-state index contributed by atoms with van der Waals surface area (Å²) in [5.74, 6) is -5.07. The highest BCUT2D eigenvalue weighted by Gasteiger charge is 2.29. The Morgan fingerprint density at radius 3 is 1.86 bits per heavy atom. The molecule has 0 saturated heterocycles. The molecule has 0 heterocycles. The monoisotopic (exact) mass is 419 g/mol. The topological polar surface area (TPSA) is 234 Å². The number of carboxylic acids is 2. The van der Waals surface area contributed by atoms with Crippen molar-refractivity contribution < 1.29 is 39.3 Å². The first-order valence-electron chi connectivity index (χ1n) is 9.01. The van der Waals surface area contributed by atoms with Crippen LogP contribution in [-0.4, -0.2) is 82.8 Å². The summed E-state index contributed by atoms with van der Waals surface area (Å²) < 4.78 is 0. The Morgan fingerprint density at radius 2 is 1.38 bits per heavy atom. The summed E-state index contributed by atoms with van der Waals surface area (Å²) in [6.45, 7) is -0.922. The van der Waals surface area contributed by atoms with Crippen LogP contribution in [0.25, 0.3) is 0 Å². The highest BCUT2D eigenvalue weighted by Crippen LogP contribution is 2.03. The SMILES string of the molecule is NCCCCC(NC(=O)C(CO)NC(=O)C(CCC(=O)O)NC(=O)CN)C(=O)O. The lowest BCUT2D eigenvalue weighted by molar-refractivity contribution is -0.142. The van der Waals surface area contributed by atoms with Crippen LogP contribution in [0.5, 0.6) is 0 Å². The fourth-order valence-electron chi connectivity index (χ4n) is 2.28. The number of carbonyl (C=O) groups is 5. The Labute approximate surface area is 167 Å². The quantitative estimate of drug-likeness (QED) is 0.122. The lowest BCUT2D eigenvalue weighted by atomic mass is 10.1. The van der Waals surface area contributed by atoms with E-state index in [1.165, 1.54) is 0 Å². The largest absolute Gasteiger partial charge is 0.481 e. The van der Waals surface area contributed by atoms with Gasteiger partial charge in [-0.3, -0.25) is 19.2 Å². The predicted octanol–water partition coefficient (Wildman–Crippen LogP) is -3.53. The third-order valence-corrected chi connectivity index (χ3v) is 3.86. The van der Waals surface area contributed by atoms with E-state index in [1.807, 2.05) is 0 Å². The van der Waals surface area contributed by atoms with Gasteiger partial charge < -0.3 is 42.7 Å². The molecule has 13 heteroatoms. The molecular formula is C16H29N5O8. The summed E-state index contributed by atoms with van der Waals surface area (Å²) >= 11 is 0. The fourth-order valence-corrected chi connectivity index (χ4v) is 2.28. The van der Waals surface area contributed by atoms with Crippen LogP contribution in [0, 0.1) is 0 Å². The van der Waals surface area contributed by atoms with Gasteiger partial charge in [0.25, 0.3) is 0 Å². The molecule has 0 spiro atoms. The minimum absolute atomic E-state index is 0.109. The van der Waals surface area contributed by atoms with E-state index in [0.29, 0.717) is 19.4 Å². The number of unbranched alkanes of at least 4 members (excludes halogenated alkanes) is 1. The average Bonchev–Trinajstić information content (AvgIpc) is 2.67. The van der Waals surface area contributed by atoms with Gasteiger partial charge in [-0.1, -0.05) is 0 Å². The summed E-state index contributed by atoms with van der Waals surface area (Å²) in [7, 11) is 0. The van der Waals surface area contributed by atoms with Gasteiger partial charge in [0.1, 0.15) is 18.1 Å². The summed E-state index contributed by atoms with van der Waals surface area (Å²) in [4.78, 5) is 58.0. The Kier molecular flexibility index (Phi) is 12.9. The minimum Gasteiger partial charge on any atom is -0.481 e. The maximum absolute atomic E-state index is 12.3. The number of aliphatic carboxylic acids is 2. The number of aliphatic hydroxyl groups is 1. The molecule has 29 heavy (non-hydrogen) atoms. The Morgan fingerprint density at radius 1 is 0.793 bits per heavy atom. The van der Waals surface area contributed by atoms with Crippen molar-refractivity contribution in [2.24, 2.45) is 11.5 Å². The third kappa shape index (κ3) is 11.0. The van der Waals surface area contributed by atoms with E-state index in [0.717, 1.165) is 0 Å². The molecule has 0 aromatic heterocycles. The second kappa shape index (κ2) is 14.3. The first-order chi connectivity index (χ1) is 13.7. The molecule has 13 nitrogen and oxygen atoms in total. The van der Waals surface area contributed by atoms with E-state index in [2.05, 4.69) is 16.0 Å². The molecule has 0 fully saturated rings. The van der Waals surface area contributed by atoms with Gasteiger partial charge in [-0.2, -0.15) is 0 Å². The van der Waals surface area contributed by atoms with Crippen molar-refractivity contribution in [2.75, 3.05) is 19.7 Å². The highest BCUT2D eigenvalue weighted by atomic mass is 16.4. The van der Waals surface area contributed by atoms with Crippen LogP contribution in [0.4, 0.5) is 0 Å². The van der Waals surface area contributed by atoms with E-state index in [9.17, 15) is 34.2 Å². The summed E-state index contributed by atoms with van der Waals surface area (Å²) in [6, 6.07) is -4.04. The van der Waals surface area contributed by atoms with Gasteiger partial charge in [0, 0.05) is 6.42 Å². The Bertz CT molecular complexity index is 586. The summed E-state index contributed by atoms with van der Waals surface area (Å²) in [6.07, 6.45) is 0.404. The zero-order chi connectivity index (χ0) is 22.4. The smallest absolute Gasteiger partial charge is 0.326 e. The lowest BCUT2D eigenvalue weighted by Crippen LogP contribution is -2.57. The Hall–Kier alpha value is -2.77. The van der Waals surface area contributed by atoms with Crippen molar-refractivity contribution in [3.8, 4) is 0 Å². The molecular weight excluding hydrogens is 390 g/mol. The summed E-state index contributed by atoms with van der Waals surface area (Å²) in [5.41, 5.74) is 10.5. The number of hydrogen-bond acceptors (Lipinski definition) is 8. The van der Waals surface area contributed by atoms with Crippen molar-refractivity contribution in [3.05, 3.63) is 0 Å². The first kappa shape index (κ1) is 26.2. The van der Waals surface area contributed by atoms with E-state index in [1.54, 1.807) is 0 Å². The maximum atomic E-state index is 12.3. The van der Waals surface area contributed by atoms with Gasteiger partial charge in [-0.15, -0.1) is 0 Å². The van der Waals surface area contributed by atoms with Gasteiger partial charge in [0.15, 0.2) is 0 Å². The van der Waals surface area contributed by atoms with Crippen molar-refractivity contribution in [3.63, 3.8) is 0 Å². The molecule has 3 atom stereocenters. The van der Waals surface area contributed by atoms with Gasteiger partial charge in [0.2, 0.25) is 17.7 Å². The number of amides is 3. The molecule has 166 valence electrons. The molecule has 10 N–H and O–H groups in total. The predicted molar refractivity (Wildman–Crippen MR) is 99.3 cm³/mol. The van der Waals surface area contributed by atoms with Crippen molar-refractivity contribution >= 4 is 29.7 Å². The van der Waals surface area contributed by atoms with Crippen LogP contribution in [0.3, 0.4) is 0 Å². The van der Waals surface area contributed by atoms with Gasteiger partial charge in [-0.05, 0) is 32.2 Å². The van der Waals surface area contributed by atoms with Crippen LogP contribution < -0.4 is 27.4 Å². The van der Waals surface area contributed by atoms with Crippen LogP contribution in [-0.2, 0) is 24.0 Å². The fraction of sp³-hybridized carbons (Fsp3) is 0.688. The molecule has 0 aromatic carbocycles. The number of carbonyl (C=O) groups excluding carboxylic acids is 3. The molecule has 0 rings (SSSR count). The first-order valence-corrected chi connectivity index (χ1v) is 9.01. The van der Waals surface area contributed by atoms with Crippen LogP contribution in [0.1, 0.15) is 32.1 Å². The number of rotatable bonds is 15. The average molecular weight is 419 g/mol. The number of hydrogen-bond donors (Lipinski definition) is 8. The lowest BCUT2D eigenvalue weighted by Gasteiger charge is -2.23. The zero-order valence-electron chi connectivity index (χ0n) is 15.9. The van der Waals surface area contributed by atoms with Crippen LogP contribution >= 0.6 is 0 Å². The Balaban J connectivity index is 5.04. The molecule has 0 aliphatic heterocycles. The molecule has 0 aliphatic carbocycles. The highest BCUT2D eigenvalue weighted by molar-refractivity contribution is 5.93. The number of aliphatic hydroxyl groups excluding tert-OH is 1. The second-order valence-electron chi connectivity index (χ2n) is 6.18. The molecule has 3 unspecified atom stereocenters. The van der Waals surface area contributed by atoms with Gasteiger partial charge >= 0.3 is 11.9 Å². The molecule has 0 aliphatic rings. The van der Waals surface area contributed by atoms with Gasteiger partial charge in [0.05, 0.1) is 13.2 Å². The number of carboxylic acid groups (broad SMARTS) is 2. The van der Waals surface area contributed by atoms with Gasteiger partial charge in [-0.25, -0.2) is 4.79 Å². The van der Waals surface area contributed by atoms with Crippen molar-refractivity contribution in [2.45, 2.75) is 50.2 Å². The van der Waals surface area contributed by atoms with E-state index in [4.69, 9.17) is 16.6 Å². The summed E-state index contributed by atoms with van der Waals surface area (Å²) in [5, 5.41) is 33.9. The maximum Gasteiger partial charge on any atom is 0.326 e. The van der Waals surface area contributed by atoms with E-state index >= 15 is 0 Å². The third-order valence-electron chi connectivity index (χ3n) is 3.86. The van der Waals surface area contributed by atoms with E-state index in [-0.39, 0.29) is 12.8 Å². The molecule has 0 bridgehead atoms.